The first kappa shape index (κ1) is 22.1. The molecule has 1 aliphatic heterocycles. The van der Waals surface area contributed by atoms with Crippen molar-refractivity contribution in [1.82, 2.24) is 19.6 Å². The first-order valence-corrected chi connectivity index (χ1v) is 10.5. The van der Waals surface area contributed by atoms with Crippen LogP contribution >= 0.6 is 0 Å². The minimum atomic E-state index is -4.46. The van der Waals surface area contributed by atoms with Gasteiger partial charge in [-0.15, -0.1) is 0 Å². The van der Waals surface area contributed by atoms with Gasteiger partial charge in [-0.25, -0.2) is 4.68 Å². The third kappa shape index (κ3) is 4.55. The Morgan fingerprint density at radius 3 is 2.31 bits per heavy atom. The molecule has 0 radical (unpaired) electrons. The van der Waals surface area contributed by atoms with Crippen LogP contribution in [0.25, 0.3) is 5.69 Å². The maximum Gasteiger partial charge on any atom is 0.416 e. The minimum absolute atomic E-state index is 0.0732. The molecule has 1 aromatic heterocycles. The molecule has 1 fully saturated rings. The van der Waals surface area contributed by atoms with E-state index in [-0.39, 0.29) is 11.5 Å². The van der Waals surface area contributed by atoms with Crippen LogP contribution in [0.5, 0.6) is 0 Å². The van der Waals surface area contributed by atoms with Gasteiger partial charge >= 0.3 is 6.18 Å². The van der Waals surface area contributed by atoms with E-state index >= 15 is 0 Å². The second-order valence-corrected chi connectivity index (χ2v) is 8.04. The molecule has 2 heterocycles. The van der Waals surface area contributed by atoms with E-state index in [1.54, 1.807) is 4.90 Å². The smallest absolute Gasteiger partial charge is 0.336 e. The van der Waals surface area contributed by atoms with Gasteiger partial charge in [0.15, 0.2) is 0 Å². The lowest BCUT2D eigenvalue weighted by molar-refractivity contribution is -0.137. The average molecular weight is 442 g/mol. The second kappa shape index (κ2) is 8.78. The summed E-state index contributed by atoms with van der Waals surface area (Å²) in [6.07, 6.45) is -4.46. The molecule has 0 N–H and O–H groups in total. The van der Waals surface area contributed by atoms with Crippen LogP contribution in [0.15, 0.2) is 54.6 Å². The van der Waals surface area contributed by atoms with Crippen LogP contribution in [0.3, 0.4) is 0 Å². The number of alkyl halides is 3. The molecule has 0 saturated carbocycles. The number of hydrogen-bond acceptors (Lipinski definition) is 3. The number of hydrogen-bond donors (Lipinski definition) is 0. The summed E-state index contributed by atoms with van der Waals surface area (Å²) in [6.45, 7) is 7.02. The zero-order valence-electron chi connectivity index (χ0n) is 18.1. The summed E-state index contributed by atoms with van der Waals surface area (Å²) in [4.78, 5) is 16.6. The summed E-state index contributed by atoms with van der Waals surface area (Å²) in [5.74, 6) is -0.361. The number of carbonyl (C=O) groups is 1. The summed E-state index contributed by atoms with van der Waals surface area (Å²) in [5.41, 5.74) is 3.49. The number of carbonyl (C=O) groups excluding carboxylic acids is 1. The molecule has 1 saturated heterocycles. The molecular weight excluding hydrogens is 417 g/mol. The molecule has 0 unspecified atom stereocenters. The predicted molar refractivity (Wildman–Crippen MR) is 116 cm³/mol. The van der Waals surface area contributed by atoms with Crippen molar-refractivity contribution in [3.8, 4) is 5.69 Å². The first-order chi connectivity index (χ1) is 15.2. The third-order valence-corrected chi connectivity index (χ3v) is 5.92. The Bertz CT molecular complexity index is 1100. The summed E-state index contributed by atoms with van der Waals surface area (Å²) >= 11 is 0. The quantitative estimate of drug-likeness (QED) is 0.599. The monoisotopic (exact) mass is 442 g/mol. The van der Waals surface area contributed by atoms with E-state index < -0.39 is 11.7 Å². The highest BCUT2D eigenvalue weighted by Crippen LogP contribution is 2.30. The molecule has 5 nitrogen and oxygen atoms in total. The van der Waals surface area contributed by atoms with Crippen molar-refractivity contribution < 1.29 is 18.0 Å². The van der Waals surface area contributed by atoms with Crippen LogP contribution in [0.1, 0.15) is 32.9 Å². The number of rotatable bonds is 4. The Labute approximate surface area is 185 Å². The number of para-hydroxylation sites is 1. The lowest BCUT2D eigenvalue weighted by Gasteiger charge is -2.35. The molecule has 168 valence electrons. The summed E-state index contributed by atoms with van der Waals surface area (Å²) in [6, 6.07) is 14.6. The van der Waals surface area contributed by atoms with Gasteiger partial charge in [0.25, 0.3) is 5.91 Å². The lowest BCUT2D eigenvalue weighted by Crippen LogP contribution is -2.48. The van der Waals surface area contributed by atoms with Gasteiger partial charge in [-0.05, 0) is 44.2 Å². The molecular formula is C24H25F3N4O. The molecule has 2 aromatic carbocycles. The summed E-state index contributed by atoms with van der Waals surface area (Å²) in [5, 5.41) is 4.69. The van der Waals surface area contributed by atoms with Crippen molar-refractivity contribution in [2.45, 2.75) is 26.6 Å². The van der Waals surface area contributed by atoms with Gasteiger partial charge in [-0.3, -0.25) is 9.69 Å². The largest absolute Gasteiger partial charge is 0.416 e. The molecule has 4 rings (SSSR count). The van der Waals surface area contributed by atoms with Crippen LogP contribution in [0.4, 0.5) is 13.2 Å². The Morgan fingerprint density at radius 2 is 1.66 bits per heavy atom. The van der Waals surface area contributed by atoms with Crippen LogP contribution in [0.2, 0.25) is 0 Å². The topological polar surface area (TPSA) is 41.4 Å². The van der Waals surface area contributed by atoms with Gasteiger partial charge in [0.2, 0.25) is 0 Å². The minimum Gasteiger partial charge on any atom is -0.336 e. The van der Waals surface area contributed by atoms with Gasteiger partial charge in [0, 0.05) is 49.5 Å². The molecule has 1 amide bonds. The number of aryl methyl sites for hydroxylation is 1. The normalized spacial score (nSPS) is 15.2. The van der Waals surface area contributed by atoms with E-state index in [0.717, 1.165) is 41.3 Å². The van der Waals surface area contributed by atoms with Crippen LogP contribution in [0, 0.1) is 13.8 Å². The SMILES string of the molecule is Cc1nn(-c2ccccc2)c(C)c1CN1CCN(C(=O)c2cccc(C(F)(F)F)c2)CC1. The Balaban J connectivity index is 1.41. The predicted octanol–water partition coefficient (Wildman–Crippen LogP) is 4.47. The van der Waals surface area contributed by atoms with Gasteiger partial charge in [0.1, 0.15) is 0 Å². The van der Waals surface area contributed by atoms with Gasteiger partial charge in [-0.2, -0.15) is 18.3 Å². The standard InChI is InChI=1S/C24H25F3N4O/c1-17-22(18(2)31(28-17)21-9-4-3-5-10-21)16-29-11-13-30(14-12-29)23(32)19-7-6-8-20(15-19)24(25,26)27/h3-10,15H,11-14,16H2,1-2H3. The van der Waals surface area contributed by atoms with E-state index in [2.05, 4.69) is 11.8 Å². The number of halogens is 3. The van der Waals surface area contributed by atoms with Crippen LogP contribution in [-0.2, 0) is 12.7 Å². The van der Waals surface area contributed by atoms with E-state index in [0.29, 0.717) is 26.2 Å². The number of aromatic nitrogens is 2. The fourth-order valence-electron chi connectivity index (χ4n) is 4.07. The van der Waals surface area contributed by atoms with E-state index in [1.165, 1.54) is 12.1 Å². The molecule has 0 aliphatic carbocycles. The maximum atomic E-state index is 13.0. The Morgan fingerprint density at radius 1 is 0.969 bits per heavy atom. The van der Waals surface area contributed by atoms with Crippen molar-refractivity contribution >= 4 is 5.91 Å². The van der Waals surface area contributed by atoms with E-state index in [1.807, 2.05) is 41.9 Å². The third-order valence-electron chi connectivity index (χ3n) is 5.92. The Kier molecular flexibility index (Phi) is 6.06. The second-order valence-electron chi connectivity index (χ2n) is 8.04. The molecule has 0 spiro atoms. The molecule has 3 aromatic rings. The van der Waals surface area contributed by atoms with Crippen molar-refractivity contribution in [2.75, 3.05) is 26.2 Å². The number of amides is 1. The molecule has 1 aliphatic rings. The first-order valence-electron chi connectivity index (χ1n) is 10.5. The highest BCUT2D eigenvalue weighted by molar-refractivity contribution is 5.94. The van der Waals surface area contributed by atoms with Gasteiger partial charge in [0.05, 0.1) is 16.9 Å². The maximum absolute atomic E-state index is 13.0. The Hall–Kier alpha value is -3.13. The molecule has 0 atom stereocenters. The summed E-state index contributed by atoms with van der Waals surface area (Å²) in [7, 11) is 0. The zero-order valence-corrected chi connectivity index (χ0v) is 18.1. The zero-order chi connectivity index (χ0) is 22.9. The van der Waals surface area contributed by atoms with E-state index in [4.69, 9.17) is 5.10 Å². The van der Waals surface area contributed by atoms with Crippen LogP contribution < -0.4 is 0 Å². The highest BCUT2D eigenvalue weighted by Gasteiger charge is 2.32. The van der Waals surface area contributed by atoms with Crippen molar-refractivity contribution in [1.29, 1.82) is 0 Å². The number of nitrogens with zero attached hydrogens (tertiary/aromatic N) is 4. The molecule has 8 heteroatoms. The van der Waals surface area contributed by atoms with Crippen molar-refractivity contribution in [3.63, 3.8) is 0 Å². The lowest BCUT2D eigenvalue weighted by atomic mass is 10.1. The highest BCUT2D eigenvalue weighted by atomic mass is 19.4. The van der Waals surface area contributed by atoms with Crippen LogP contribution in [-0.4, -0.2) is 51.7 Å². The van der Waals surface area contributed by atoms with Gasteiger partial charge < -0.3 is 4.90 Å². The van der Waals surface area contributed by atoms with Crippen molar-refractivity contribution in [3.05, 3.63) is 82.7 Å². The number of benzene rings is 2. The summed E-state index contributed by atoms with van der Waals surface area (Å²) < 4.78 is 40.8. The average Bonchev–Trinajstić information content (AvgIpc) is 3.07. The number of piperazine rings is 1. The fraction of sp³-hybridized carbons (Fsp3) is 0.333. The van der Waals surface area contributed by atoms with E-state index in [9.17, 15) is 18.0 Å². The van der Waals surface area contributed by atoms with Crippen molar-refractivity contribution in [2.24, 2.45) is 0 Å². The molecule has 0 bridgehead atoms. The fourth-order valence-corrected chi connectivity index (χ4v) is 4.07. The van der Waals surface area contributed by atoms with Gasteiger partial charge in [-0.1, -0.05) is 24.3 Å². The molecule has 32 heavy (non-hydrogen) atoms.